The Morgan fingerprint density at radius 1 is 0.441 bits per heavy atom. The Bertz CT molecular complexity index is 3700. The second kappa shape index (κ2) is 28.2. The molecule has 10 bridgehead atoms. The number of ether oxygens (including phenoxy) is 4. The Kier molecular flexibility index (Phi) is 22.1. The summed E-state index contributed by atoms with van der Waals surface area (Å²) >= 11 is 3.14. The van der Waals surface area contributed by atoms with Crippen molar-refractivity contribution >= 4 is 62.4 Å². The van der Waals surface area contributed by atoms with Crippen molar-refractivity contribution in [3.8, 4) is 23.0 Å². The highest BCUT2D eigenvalue weighted by Gasteiger charge is 2.54. The number of allylic oxidation sites excluding steroid dienone is 10. The third kappa shape index (κ3) is 13.7. The number of aliphatic hydroxyl groups excluding tert-OH is 4. The Morgan fingerprint density at radius 2 is 0.828 bits per heavy atom. The Hall–Kier alpha value is -7.56. The second-order valence-electron chi connectivity index (χ2n) is 26.7. The largest absolute Gasteiger partial charge is 0.507 e. The van der Waals surface area contributed by atoms with Gasteiger partial charge in [0.05, 0.1) is 80.5 Å². The van der Waals surface area contributed by atoms with E-state index in [2.05, 4.69) is 40.4 Å². The minimum Gasteiger partial charge on any atom is -0.507 e. The van der Waals surface area contributed by atoms with Crippen LogP contribution in [0.4, 0.5) is 0 Å². The molecule has 6 aliphatic heterocycles. The van der Waals surface area contributed by atoms with Crippen LogP contribution in [0.25, 0.3) is 0 Å². The highest BCUT2D eigenvalue weighted by Crippen LogP contribution is 2.51. The summed E-state index contributed by atoms with van der Waals surface area (Å²) in [7, 11) is 0. The molecular formula is C72H89BrN2O18. The fraction of sp³-hybridized carbons (Fsp3) is 0.500. The van der Waals surface area contributed by atoms with Crippen molar-refractivity contribution in [1.29, 1.82) is 0 Å². The molecule has 2 aromatic carbocycles. The normalized spacial score (nSPS) is 36.4. The molecule has 10 rings (SSSR count). The van der Waals surface area contributed by atoms with Crippen LogP contribution in [0.5, 0.6) is 23.0 Å². The number of aliphatic hydroxyl groups is 4. The summed E-state index contributed by atoms with van der Waals surface area (Å²) in [5.74, 6) is -12.8. The van der Waals surface area contributed by atoms with E-state index >= 15 is 0 Å². The van der Waals surface area contributed by atoms with Crippen molar-refractivity contribution < 1.29 is 87.9 Å². The number of ketones is 6. The first-order valence-electron chi connectivity index (χ1n) is 31.6. The maximum absolute atomic E-state index is 13.9. The lowest BCUT2D eigenvalue weighted by molar-refractivity contribution is -0.117. The van der Waals surface area contributed by atoms with Crippen molar-refractivity contribution in [3.05, 3.63) is 139 Å². The van der Waals surface area contributed by atoms with E-state index in [9.17, 15) is 69.0 Å². The lowest BCUT2D eigenvalue weighted by Gasteiger charge is -2.36. The Labute approximate surface area is 551 Å². The number of hydrogen-bond acceptors (Lipinski definition) is 18. The van der Waals surface area contributed by atoms with Gasteiger partial charge in [0.1, 0.15) is 28.7 Å². The molecule has 0 unspecified atom stereocenters. The van der Waals surface area contributed by atoms with Crippen LogP contribution < -0.4 is 20.1 Å². The lowest BCUT2D eigenvalue weighted by Crippen LogP contribution is -2.40. The van der Waals surface area contributed by atoms with E-state index in [1.807, 2.05) is 69.2 Å². The summed E-state index contributed by atoms with van der Waals surface area (Å²) in [6.45, 7) is 32.1. The van der Waals surface area contributed by atoms with Crippen LogP contribution in [0.15, 0.2) is 94.2 Å². The third-order valence-electron chi connectivity index (χ3n) is 20.6. The zero-order valence-corrected chi connectivity index (χ0v) is 57.6. The summed E-state index contributed by atoms with van der Waals surface area (Å²) in [6.07, 6.45) is 13.6. The average Bonchev–Trinajstić information content (AvgIpc) is 1.64. The summed E-state index contributed by atoms with van der Waals surface area (Å²) in [5, 5.41) is 71.7. The molecule has 93 heavy (non-hydrogen) atoms. The standard InChI is InChI=1S/C36H44BrNO9.C36H45NO9/c1-15-13-14-46-36(9)34(44)25-23-24(30(41)22(8)33(25)47-36)32(43)27(26(37)31(23)42)38-35(45)17(3)12-10-11-16(2)28(39)21(7)29(40)20(6)19(5)18(15)4;1-16-13-14-45-36(9)34(43)28-26-25(38)15-24(32(42)27(26)31(41)23(8)33(28)46-36)37-35(44)18(3)12-10-11-17(2)29(39)22(7)30(40)21(6)20(5)19(16)4/h10-16,18-21,28-29,39-41H,1-9H3,(H,38,45);10-17,19-22,29-30,39-41H,1-9H3,(H,37,44)/b11-10+,14-13+,17-12-;11-10+,14-13+,18-12-/t15-,16-,18+,19+,20-,21+,28-,29-,36-;16-,17-,19+,20+,21-,22+,29-,30-,36-/m00/s1. The number of benzene rings is 2. The molecule has 2 aromatic rings. The molecule has 0 fully saturated rings. The van der Waals surface area contributed by atoms with E-state index in [4.69, 9.17) is 18.9 Å². The summed E-state index contributed by atoms with van der Waals surface area (Å²) in [6, 6.07) is 0. The van der Waals surface area contributed by atoms with Gasteiger partial charge >= 0.3 is 11.6 Å². The van der Waals surface area contributed by atoms with Gasteiger partial charge in [0.2, 0.25) is 17.3 Å². The van der Waals surface area contributed by atoms with E-state index in [1.165, 1.54) is 66.2 Å². The van der Waals surface area contributed by atoms with Crippen molar-refractivity contribution in [2.24, 2.45) is 71.0 Å². The number of amides is 2. The van der Waals surface area contributed by atoms with Crippen LogP contribution in [0, 0.1) is 84.9 Å². The van der Waals surface area contributed by atoms with Gasteiger partial charge in [0.15, 0.2) is 5.78 Å². The number of halogens is 1. The maximum Gasteiger partial charge on any atom is 0.312 e. The number of rotatable bonds is 0. The number of carbonyl (C=O) groups excluding carboxylic acids is 8. The van der Waals surface area contributed by atoms with Crippen LogP contribution >= 0.6 is 15.9 Å². The van der Waals surface area contributed by atoms with Gasteiger partial charge < -0.3 is 60.2 Å². The van der Waals surface area contributed by atoms with Crippen molar-refractivity contribution in [2.75, 3.05) is 0 Å². The van der Waals surface area contributed by atoms with Crippen LogP contribution in [-0.2, 0) is 19.1 Å². The number of aromatic hydroxyl groups is 2. The number of phenols is 2. The molecule has 0 saturated heterocycles. The van der Waals surface area contributed by atoms with Gasteiger partial charge in [0, 0.05) is 65.9 Å². The Balaban J connectivity index is 0.000000264. The molecule has 502 valence electrons. The van der Waals surface area contributed by atoms with Gasteiger partial charge in [-0.25, -0.2) is 0 Å². The topological polar surface area (TPSA) is 319 Å². The number of nitrogens with one attached hydrogen (secondary N) is 2. The molecule has 18 atom stereocenters. The first-order valence-corrected chi connectivity index (χ1v) is 32.4. The number of phenolic OH excluding ortho intramolecular Hbond substituents is 2. The van der Waals surface area contributed by atoms with Gasteiger partial charge in [0.25, 0.3) is 23.4 Å². The highest BCUT2D eigenvalue weighted by molar-refractivity contribution is 9.12. The number of hydrogen-bond donors (Lipinski definition) is 8. The monoisotopic (exact) mass is 1350 g/mol. The fourth-order valence-corrected chi connectivity index (χ4v) is 13.3. The fourth-order valence-electron chi connectivity index (χ4n) is 12.8. The van der Waals surface area contributed by atoms with Gasteiger partial charge in [-0.15, -0.1) is 0 Å². The third-order valence-corrected chi connectivity index (χ3v) is 21.4. The molecule has 0 spiro atoms. The SMILES string of the molecule is C/C1=C/C=C/[C@H](C)[C@H](O)[C@@H](C)[C@@H](O)[C@@H](C)[C@H](C)[C@H](C)[C@@H](C)/C=C/O[C@@]2(C)Oc3c(C)c(O)c4c(c3C2=O)C(=O)C(Br)=C(NC1=O)C4=O.C/C1=C/C=C/[C@H](C)[C@H](O)[C@@H](C)[C@@H](O)[C@@H](C)[C@H](C)[C@H](C)[C@@H](C)/C=C/O[C@@]2(C)Oc3c(C)c(O)c4c(c3C2=O)C(=O)C=C(NC1=O)C4=O. The molecule has 8 aliphatic rings. The van der Waals surface area contributed by atoms with Crippen molar-refractivity contribution in [3.63, 3.8) is 0 Å². The van der Waals surface area contributed by atoms with Crippen LogP contribution in [-0.4, -0.2) is 113 Å². The van der Waals surface area contributed by atoms with Gasteiger partial charge in [-0.05, 0) is 103 Å². The number of fused-ring (bicyclic) bond motifs is 28. The highest BCUT2D eigenvalue weighted by atomic mass is 79.9. The number of Topliss-reactive ketones (excluding diaryl/α,β-unsaturated/α-hetero) is 5. The average molecular weight is 1350 g/mol. The molecule has 0 aromatic heterocycles. The molecular weight excluding hydrogens is 1260 g/mol. The van der Waals surface area contributed by atoms with Gasteiger partial charge in [-0.2, -0.15) is 0 Å². The van der Waals surface area contributed by atoms with E-state index in [0.717, 1.165) is 6.08 Å². The summed E-state index contributed by atoms with van der Waals surface area (Å²) < 4.78 is 23.3. The molecule has 20 nitrogen and oxygen atoms in total. The van der Waals surface area contributed by atoms with Gasteiger partial charge in [-0.1, -0.05) is 120 Å². The van der Waals surface area contributed by atoms with Crippen LogP contribution in [0.1, 0.15) is 184 Å². The number of carbonyl (C=O) groups is 8. The molecule has 0 saturated carbocycles. The van der Waals surface area contributed by atoms with Crippen molar-refractivity contribution in [2.45, 2.75) is 161 Å². The quantitative estimate of drug-likeness (QED) is 0.122. The molecule has 0 radical (unpaired) electrons. The van der Waals surface area contributed by atoms with Crippen LogP contribution in [0.2, 0.25) is 0 Å². The smallest absolute Gasteiger partial charge is 0.312 e. The van der Waals surface area contributed by atoms with Crippen LogP contribution in [0.3, 0.4) is 0 Å². The van der Waals surface area contributed by atoms with Crippen molar-refractivity contribution in [1.82, 2.24) is 10.6 Å². The first-order chi connectivity index (χ1) is 43.3. The molecule has 21 heteroatoms. The summed E-state index contributed by atoms with van der Waals surface area (Å²) in [4.78, 5) is 108. The molecule has 2 aliphatic carbocycles. The predicted octanol–water partition coefficient (Wildman–Crippen LogP) is 10.6. The maximum atomic E-state index is 13.9. The molecule has 8 N–H and O–H groups in total. The zero-order valence-electron chi connectivity index (χ0n) is 56.0. The first kappa shape index (κ1) is 72.9. The lowest BCUT2D eigenvalue weighted by atomic mass is 9.72. The van der Waals surface area contributed by atoms with E-state index in [0.29, 0.717) is 0 Å². The molecule has 6 heterocycles. The van der Waals surface area contributed by atoms with Gasteiger partial charge in [-0.3, -0.25) is 38.4 Å². The van der Waals surface area contributed by atoms with E-state index in [1.54, 1.807) is 36.5 Å². The van der Waals surface area contributed by atoms with E-state index < -0.39 is 117 Å². The predicted molar refractivity (Wildman–Crippen MR) is 350 cm³/mol. The zero-order chi connectivity index (χ0) is 69.7. The Morgan fingerprint density at radius 3 is 1.25 bits per heavy atom. The van der Waals surface area contributed by atoms with E-state index in [-0.39, 0.29) is 131 Å². The summed E-state index contributed by atoms with van der Waals surface area (Å²) in [5.41, 5.74) is -2.02. The minimum absolute atomic E-state index is 0.0288. The second-order valence-corrected chi connectivity index (χ2v) is 27.5. The molecule has 2 amide bonds. The minimum atomic E-state index is -1.90.